The van der Waals surface area contributed by atoms with Gasteiger partial charge in [-0.2, -0.15) is 0 Å². The zero-order chi connectivity index (χ0) is 12.0. The van der Waals surface area contributed by atoms with E-state index >= 15 is 0 Å². The number of aliphatic hydroxyl groups excluding tert-OH is 1. The highest BCUT2D eigenvalue weighted by molar-refractivity contribution is 7.09. The van der Waals surface area contributed by atoms with Crippen LogP contribution in [0.15, 0.2) is 11.7 Å². The lowest BCUT2D eigenvalue weighted by atomic mass is 10.2. The van der Waals surface area contributed by atoms with E-state index in [9.17, 15) is 5.11 Å². The molecule has 0 saturated heterocycles. The van der Waals surface area contributed by atoms with Crippen molar-refractivity contribution in [3.05, 3.63) is 16.6 Å². The van der Waals surface area contributed by atoms with Gasteiger partial charge >= 0.3 is 0 Å². The van der Waals surface area contributed by atoms with Crippen LogP contribution in [0.5, 0.6) is 0 Å². The van der Waals surface area contributed by atoms with Gasteiger partial charge in [-0.3, -0.25) is 4.98 Å². The zero-order valence-corrected chi connectivity index (χ0v) is 10.9. The maximum absolute atomic E-state index is 9.64. The highest BCUT2D eigenvalue weighted by Crippen LogP contribution is 2.07. The van der Waals surface area contributed by atoms with Crippen molar-refractivity contribution >= 4 is 11.3 Å². The van der Waals surface area contributed by atoms with Gasteiger partial charge in [-0.25, -0.2) is 0 Å². The average Bonchev–Trinajstić information content (AvgIpc) is 2.66. The number of nitrogens with one attached hydrogen (secondary N) is 1. The summed E-state index contributed by atoms with van der Waals surface area (Å²) in [4.78, 5) is 5.15. The van der Waals surface area contributed by atoms with Crippen molar-refractivity contribution in [2.75, 3.05) is 13.2 Å². The van der Waals surface area contributed by atoms with Crippen LogP contribution in [0, 0.1) is 0 Å². The summed E-state index contributed by atoms with van der Waals surface area (Å²) in [7, 11) is 0. The Morgan fingerprint density at radius 3 is 2.88 bits per heavy atom. The molecule has 0 aliphatic heterocycles. The smallest absolute Gasteiger partial charge is 0.0898 e. The Morgan fingerprint density at radius 1 is 1.56 bits per heavy atom. The van der Waals surface area contributed by atoms with Crippen molar-refractivity contribution in [3.8, 4) is 0 Å². The number of aromatic nitrogens is 1. The molecule has 1 rings (SSSR count). The average molecular weight is 244 g/mol. The second-order valence-corrected chi connectivity index (χ2v) is 5.65. The molecule has 0 aromatic carbocycles. The molecule has 16 heavy (non-hydrogen) atoms. The van der Waals surface area contributed by atoms with Crippen molar-refractivity contribution in [1.29, 1.82) is 0 Å². The van der Waals surface area contributed by atoms with Gasteiger partial charge < -0.3 is 15.2 Å². The van der Waals surface area contributed by atoms with Crippen molar-refractivity contribution < 1.29 is 9.84 Å². The molecule has 1 heterocycles. The summed E-state index contributed by atoms with van der Waals surface area (Å²) < 4.78 is 5.48. The molecule has 0 bridgehead atoms. The van der Waals surface area contributed by atoms with Gasteiger partial charge in [-0.05, 0) is 20.8 Å². The second kappa shape index (κ2) is 6.30. The van der Waals surface area contributed by atoms with Gasteiger partial charge in [0.15, 0.2) is 0 Å². The maximum atomic E-state index is 9.64. The van der Waals surface area contributed by atoms with Crippen LogP contribution in [-0.2, 0) is 11.3 Å². The van der Waals surface area contributed by atoms with E-state index in [4.69, 9.17) is 4.74 Å². The number of hydrogen-bond acceptors (Lipinski definition) is 5. The summed E-state index contributed by atoms with van der Waals surface area (Å²) in [6.07, 6.45) is 1.36. The SMILES string of the molecule is CC(C)(C)OCC(O)CNCc1cncs1. The molecule has 5 heteroatoms. The van der Waals surface area contributed by atoms with E-state index in [1.807, 2.05) is 27.0 Å². The Hall–Kier alpha value is -0.490. The van der Waals surface area contributed by atoms with Crippen molar-refractivity contribution in [1.82, 2.24) is 10.3 Å². The van der Waals surface area contributed by atoms with Gasteiger partial charge in [-0.15, -0.1) is 11.3 Å². The standard InChI is InChI=1S/C11H20N2O2S/c1-11(2,3)15-7-9(14)4-12-5-10-6-13-8-16-10/h6,8-9,12,14H,4-5,7H2,1-3H3. The van der Waals surface area contributed by atoms with E-state index in [0.29, 0.717) is 13.2 Å². The fraction of sp³-hybridized carbons (Fsp3) is 0.727. The Bertz CT molecular complexity index is 283. The second-order valence-electron chi connectivity index (χ2n) is 4.68. The summed E-state index contributed by atoms with van der Waals surface area (Å²) in [6, 6.07) is 0. The lowest BCUT2D eigenvalue weighted by Crippen LogP contribution is -2.33. The van der Waals surface area contributed by atoms with Gasteiger partial charge in [0.25, 0.3) is 0 Å². The highest BCUT2D eigenvalue weighted by atomic mass is 32.1. The molecule has 4 nitrogen and oxygen atoms in total. The molecular formula is C11H20N2O2S. The van der Waals surface area contributed by atoms with Crippen LogP contribution in [0.1, 0.15) is 25.6 Å². The van der Waals surface area contributed by atoms with E-state index in [2.05, 4.69) is 10.3 Å². The molecule has 2 N–H and O–H groups in total. The third-order valence-electron chi connectivity index (χ3n) is 1.87. The Kier molecular flexibility index (Phi) is 5.34. The van der Waals surface area contributed by atoms with E-state index in [1.165, 1.54) is 4.88 Å². The molecule has 1 unspecified atom stereocenters. The van der Waals surface area contributed by atoms with Crippen LogP contribution in [0.4, 0.5) is 0 Å². The topological polar surface area (TPSA) is 54.4 Å². The van der Waals surface area contributed by atoms with Crippen molar-refractivity contribution in [2.45, 2.75) is 39.0 Å². The monoisotopic (exact) mass is 244 g/mol. The first-order valence-corrected chi connectivity index (χ1v) is 6.25. The first-order valence-electron chi connectivity index (χ1n) is 5.37. The minimum Gasteiger partial charge on any atom is -0.389 e. The summed E-state index contributed by atoms with van der Waals surface area (Å²) in [6.45, 7) is 7.57. The number of nitrogens with zero attached hydrogens (tertiary/aromatic N) is 1. The maximum Gasteiger partial charge on any atom is 0.0898 e. The predicted molar refractivity (Wildman–Crippen MR) is 65.5 cm³/mol. The quantitative estimate of drug-likeness (QED) is 0.794. The van der Waals surface area contributed by atoms with Gasteiger partial charge in [0, 0.05) is 24.2 Å². The normalized spacial score (nSPS) is 14.0. The lowest BCUT2D eigenvalue weighted by molar-refractivity contribution is -0.0479. The highest BCUT2D eigenvalue weighted by Gasteiger charge is 2.13. The molecule has 92 valence electrons. The summed E-state index contributed by atoms with van der Waals surface area (Å²) in [5, 5.41) is 12.8. The molecule has 0 amide bonds. The molecule has 0 aliphatic rings. The number of rotatable bonds is 6. The zero-order valence-electron chi connectivity index (χ0n) is 10.1. The summed E-state index contributed by atoms with van der Waals surface area (Å²) in [5.74, 6) is 0. The number of hydrogen-bond donors (Lipinski definition) is 2. The van der Waals surface area contributed by atoms with Crippen LogP contribution in [0.3, 0.4) is 0 Å². The molecule has 0 spiro atoms. The minimum absolute atomic E-state index is 0.196. The van der Waals surface area contributed by atoms with Crippen LogP contribution in [-0.4, -0.2) is 34.9 Å². The molecule has 0 saturated carbocycles. The van der Waals surface area contributed by atoms with E-state index in [-0.39, 0.29) is 5.60 Å². The predicted octanol–water partition coefficient (Wildman–Crippen LogP) is 1.41. The minimum atomic E-state index is -0.466. The molecule has 1 atom stereocenters. The van der Waals surface area contributed by atoms with Crippen LogP contribution in [0.25, 0.3) is 0 Å². The molecule has 1 aromatic heterocycles. The first kappa shape index (κ1) is 13.6. The number of ether oxygens (including phenoxy) is 1. The van der Waals surface area contributed by atoms with Gasteiger partial charge in [0.05, 0.1) is 23.8 Å². The fourth-order valence-corrected chi connectivity index (χ4v) is 1.66. The van der Waals surface area contributed by atoms with E-state index in [0.717, 1.165) is 6.54 Å². The molecule has 1 aromatic rings. The van der Waals surface area contributed by atoms with Crippen LogP contribution < -0.4 is 5.32 Å². The Balaban J connectivity index is 2.09. The third-order valence-corrected chi connectivity index (χ3v) is 2.65. The molecule has 0 fully saturated rings. The molecule has 0 aliphatic carbocycles. The summed E-state index contributed by atoms with van der Waals surface area (Å²) in [5.41, 5.74) is 1.61. The largest absolute Gasteiger partial charge is 0.389 e. The van der Waals surface area contributed by atoms with Crippen molar-refractivity contribution in [2.24, 2.45) is 0 Å². The van der Waals surface area contributed by atoms with Crippen molar-refractivity contribution in [3.63, 3.8) is 0 Å². The Labute approximate surface area is 101 Å². The third kappa shape index (κ3) is 6.17. The fourth-order valence-electron chi connectivity index (χ4n) is 1.10. The van der Waals surface area contributed by atoms with E-state index in [1.54, 1.807) is 16.8 Å². The Morgan fingerprint density at radius 2 is 2.31 bits per heavy atom. The number of thiazole rings is 1. The molecule has 0 radical (unpaired) electrons. The van der Waals surface area contributed by atoms with Gasteiger partial charge in [0.1, 0.15) is 0 Å². The van der Waals surface area contributed by atoms with Crippen LogP contribution in [0.2, 0.25) is 0 Å². The van der Waals surface area contributed by atoms with Gasteiger partial charge in [-0.1, -0.05) is 0 Å². The van der Waals surface area contributed by atoms with Crippen LogP contribution >= 0.6 is 11.3 Å². The van der Waals surface area contributed by atoms with E-state index < -0.39 is 6.10 Å². The van der Waals surface area contributed by atoms with Gasteiger partial charge in [0.2, 0.25) is 0 Å². The molecular weight excluding hydrogens is 224 g/mol. The first-order chi connectivity index (χ1) is 7.47. The number of aliphatic hydroxyl groups is 1. The lowest BCUT2D eigenvalue weighted by Gasteiger charge is -2.22. The summed E-state index contributed by atoms with van der Waals surface area (Å²) >= 11 is 1.61.